The highest BCUT2D eigenvalue weighted by Gasteiger charge is 2.22. The van der Waals surface area contributed by atoms with Gasteiger partial charge in [-0.3, -0.25) is 9.59 Å². The van der Waals surface area contributed by atoms with Gasteiger partial charge >= 0.3 is 5.97 Å². The molecule has 1 amide bonds. The van der Waals surface area contributed by atoms with Crippen molar-refractivity contribution in [2.45, 2.75) is 26.3 Å². The van der Waals surface area contributed by atoms with E-state index in [0.717, 1.165) is 16.2 Å². The quantitative estimate of drug-likeness (QED) is 0.836. The van der Waals surface area contributed by atoms with Crippen LogP contribution in [0.2, 0.25) is 0 Å². The summed E-state index contributed by atoms with van der Waals surface area (Å²) in [5, 5.41) is 8.89. The predicted octanol–water partition coefficient (Wildman–Crippen LogP) is 3.51. The zero-order chi connectivity index (χ0) is 18.7. The van der Waals surface area contributed by atoms with Crippen LogP contribution >= 0.6 is 11.3 Å². The molecule has 1 aromatic heterocycles. The van der Waals surface area contributed by atoms with Crippen molar-refractivity contribution in [2.24, 2.45) is 0 Å². The number of carbonyl (C=O) groups excluding carboxylic acids is 1. The number of rotatable bonds is 6. The van der Waals surface area contributed by atoms with Crippen LogP contribution in [0.15, 0.2) is 30.3 Å². The summed E-state index contributed by atoms with van der Waals surface area (Å²) in [5.41, 5.74) is 0.958. The third-order valence-electron chi connectivity index (χ3n) is 4.09. The van der Waals surface area contributed by atoms with Crippen LogP contribution in [-0.2, 0) is 4.79 Å². The Kier molecular flexibility index (Phi) is 5.46. The normalized spacial score (nSPS) is 12.9. The smallest absolute Gasteiger partial charge is 0.305 e. The predicted molar refractivity (Wildman–Crippen MR) is 99.2 cm³/mol. The minimum atomic E-state index is -0.911. The van der Waals surface area contributed by atoms with Gasteiger partial charge in [-0.25, -0.2) is 0 Å². The van der Waals surface area contributed by atoms with Gasteiger partial charge in [-0.05, 0) is 49.7 Å². The number of hydrogen-bond donors (Lipinski definition) is 1. The highest BCUT2D eigenvalue weighted by Crippen LogP contribution is 2.37. The van der Waals surface area contributed by atoms with E-state index >= 15 is 0 Å². The lowest BCUT2D eigenvalue weighted by Crippen LogP contribution is -2.38. The number of carbonyl (C=O) groups is 2. The molecule has 0 atom stereocenters. The van der Waals surface area contributed by atoms with Gasteiger partial charge in [-0.15, -0.1) is 11.3 Å². The Bertz CT molecular complexity index is 814. The molecule has 0 aliphatic carbocycles. The van der Waals surface area contributed by atoms with Gasteiger partial charge in [0.2, 0.25) is 0 Å². The number of ether oxygens (including phenoxy) is 2. The van der Waals surface area contributed by atoms with Crippen molar-refractivity contribution in [2.75, 3.05) is 19.8 Å². The molecule has 1 aliphatic rings. The van der Waals surface area contributed by atoms with Gasteiger partial charge in [-0.1, -0.05) is 0 Å². The first-order valence-electron chi connectivity index (χ1n) is 8.48. The second-order valence-electron chi connectivity index (χ2n) is 6.26. The summed E-state index contributed by atoms with van der Waals surface area (Å²) in [7, 11) is 0. The van der Waals surface area contributed by atoms with E-state index in [-0.39, 0.29) is 24.9 Å². The lowest BCUT2D eigenvalue weighted by Gasteiger charge is -2.25. The van der Waals surface area contributed by atoms with E-state index in [1.807, 2.05) is 38.1 Å². The first-order chi connectivity index (χ1) is 12.5. The van der Waals surface area contributed by atoms with Crippen molar-refractivity contribution in [1.29, 1.82) is 0 Å². The Morgan fingerprint density at radius 1 is 1.15 bits per heavy atom. The molecular weight excluding hydrogens is 354 g/mol. The zero-order valence-electron chi connectivity index (χ0n) is 14.7. The maximum absolute atomic E-state index is 12.8. The molecule has 0 radical (unpaired) electrons. The molecule has 0 bridgehead atoms. The molecule has 0 fully saturated rings. The van der Waals surface area contributed by atoms with E-state index in [9.17, 15) is 9.59 Å². The molecule has 2 heterocycles. The first-order valence-corrected chi connectivity index (χ1v) is 9.30. The molecule has 1 aliphatic heterocycles. The lowest BCUT2D eigenvalue weighted by molar-refractivity contribution is -0.137. The molecule has 26 heavy (non-hydrogen) atoms. The molecule has 1 aromatic carbocycles. The second kappa shape index (κ2) is 7.78. The molecule has 2 aromatic rings. The average molecular weight is 375 g/mol. The molecule has 0 spiro atoms. The van der Waals surface area contributed by atoms with Crippen LogP contribution in [0.1, 0.15) is 29.9 Å². The van der Waals surface area contributed by atoms with E-state index in [1.54, 1.807) is 11.0 Å². The van der Waals surface area contributed by atoms with Gasteiger partial charge in [0.1, 0.15) is 13.2 Å². The lowest BCUT2D eigenvalue weighted by atomic mass is 10.1. The maximum atomic E-state index is 12.8. The van der Waals surface area contributed by atoms with Crippen LogP contribution in [0.3, 0.4) is 0 Å². The van der Waals surface area contributed by atoms with Crippen molar-refractivity contribution in [1.82, 2.24) is 4.90 Å². The molecule has 7 heteroatoms. The number of thiophene rings is 1. The Labute approximate surface area is 156 Å². The fraction of sp³-hybridized carbons (Fsp3) is 0.368. The van der Waals surface area contributed by atoms with Gasteiger partial charge in [0.25, 0.3) is 5.91 Å². The van der Waals surface area contributed by atoms with E-state index < -0.39 is 5.97 Å². The van der Waals surface area contributed by atoms with Crippen LogP contribution in [0.25, 0.3) is 10.4 Å². The zero-order valence-corrected chi connectivity index (χ0v) is 15.5. The third kappa shape index (κ3) is 3.99. The van der Waals surface area contributed by atoms with Crippen molar-refractivity contribution in [3.8, 4) is 21.9 Å². The van der Waals surface area contributed by atoms with Crippen molar-refractivity contribution in [3.05, 3.63) is 35.2 Å². The molecule has 0 unspecified atom stereocenters. The standard InChI is InChI=1S/C19H21NO5S/c1-12(2)20(8-7-18(21)22)19(23)17-6-5-16(26-17)13-3-4-14-15(11-13)25-10-9-24-14/h3-6,11-12H,7-10H2,1-2H3,(H,21,22). The van der Waals surface area contributed by atoms with E-state index in [1.165, 1.54) is 11.3 Å². The molecule has 0 saturated carbocycles. The fourth-order valence-corrected chi connectivity index (χ4v) is 3.71. The molecule has 138 valence electrons. The summed E-state index contributed by atoms with van der Waals surface area (Å²) in [6, 6.07) is 9.35. The van der Waals surface area contributed by atoms with Gasteiger partial charge in [0.15, 0.2) is 11.5 Å². The number of benzene rings is 1. The van der Waals surface area contributed by atoms with Gasteiger partial charge < -0.3 is 19.5 Å². The number of amides is 1. The van der Waals surface area contributed by atoms with Gasteiger partial charge in [-0.2, -0.15) is 0 Å². The minimum Gasteiger partial charge on any atom is -0.486 e. The van der Waals surface area contributed by atoms with E-state index in [2.05, 4.69) is 0 Å². The van der Waals surface area contributed by atoms with Crippen molar-refractivity contribution >= 4 is 23.2 Å². The largest absolute Gasteiger partial charge is 0.486 e. The number of hydrogen-bond acceptors (Lipinski definition) is 5. The summed E-state index contributed by atoms with van der Waals surface area (Å²) in [6.45, 7) is 5.04. The SMILES string of the molecule is CC(C)N(CCC(=O)O)C(=O)c1ccc(-c2ccc3c(c2)OCCO3)s1. The Morgan fingerprint density at radius 3 is 2.58 bits per heavy atom. The van der Waals surface area contributed by atoms with E-state index in [4.69, 9.17) is 14.6 Å². The van der Waals surface area contributed by atoms with Crippen LogP contribution in [0, 0.1) is 0 Å². The van der Waals surface area contributed by atoms with Gasteiger partial charge in [0, 0.05) is 17.5 Å². The molecule has 3 rings (SSSR count). The van der Waals surface area contributed by atoms with Crippen LogP contribution in [0.5, 0.6) is 11.5 Å². The molecule has 6 nitrogen and oxygen atoms in total. The number of nitrogens with zero attached hydrogens (tertiary/aromatic N) is 1. The van der Waals surface area contributed by atoms with E-state index in [0.29, 0.717) is 23.8 Å². The van der Waals surface area contributed by atoms with Crippen LogP contribution in [-0.4, -0.2) is 47.7 Å². The highest BCUT2D eigenvalue weighted by atomic mass is 32.1. The third-order valence-corrected chi connectivity index (χ3v) is 5.22. The summed E-state index contributed by atoms with van der Waals surface area (Å²) in [5.74, 6) is 0.384. The average Bonchev–Trinajstić information content (AvgIpc) is 3.11. The fourth-order valence-electron chi connectivity index (χ4n) is 2.76. The summed E-state index contributed by atoms with van der Waals surface area (Å²) in [4.78, 5) is 26.7. The number of carboxylic acid groups (broad SMARTS) is 1. The number of carboxylic acids is 1. The summed E-state index contributed by atoms with van der Waals surface area (Å²) < 4.78 is 11.1. The first kappa shape index (κ1) is 18.3. The molecular formula is C19H21NO5S. The number of fused-ring (bicyclic) bond motifs is 1. The van der Waals surface area contributed by atoms with Crippen LogP contribution < -0.4 is 9.47 Å². The van der Waals surface area contributed by atoms with Crippen molar-refractivity contribution < 1.29 is 24.2 Å². The van der Waals surface area contributed by atoms with Crippen LogP contribution in [0.4, 0.5) is 0 Å². The number of aliphatic carboxylic acids is 1. The Balaban J connectivity index is 1.80. The Morgan fingerprint density at radius 2 is 1.88 bits per heavy atom. The second-order valence-corrected chi connectivity index (χ2v) is 7.34. The maximum Gasteiger partial charge on any atom is 0.305 e. The monoisotopic (exact) mass is 375 g/mol. The topological polar surface area (TPSA) is 76.1 Å². The summed E-state index contributed by atoms with van der Waals surface area (Å²) in [6.07, 6.45) is -0.0652. The molecule has 1 N–H and O–H groups in total. The minimum absolute atomic E-state index is 0.0652. The highest BCUT2D eigenvalue weighted by molar-refractivity contribution is 7.17. The molecule has 0 saturated heterocycles. The van der Waals surface area contributed by atoms with Gasteiger partial charge in [0.05, 0.1) is 11.3 Å². The van der Waals surface area contributed by atoms with Crippen molar-refractivity contribution in [3.63, 3.8) is 0 Å². The summed E-state index contributed by atoms with van der Waals surface area (Å²) >= 11 is 1.39. The Hall–Kier alpha value is -2.54.